The molecular formula is C20H26N2O3. The average Bonchev–Trinajstić information content (AvgIpc) is 2.62. The maximum Gasteiger partial charge on any atom is 0.319 e. The van der Waals surface area contributed by atoms with Gasteiger partial charge in [-0.3, -0.25) is 0 Å². The number of ether oxygens (including phenoxy) is 2. The molecule has 0 atom stereocenters. The summed E-state index contributed by atoms with van der Waals surface area (Å²) in [5, 5.41) is 5.80. The van der Waals surface area contributed by atoms with Crippen molar-refractivity contribution in [2.24, 2.45) is 0 Å². The minimum atomic E-state index is -0.203. The molecule has 0 heterocycles. The monoisotopic (exact) mass is 342 g/mol. The summed E-state index contributed by atoms with van der Waals surface area (Å²) >= 11 is 0. The van der Waals surface area contributed by atoms with E-state index in [0.29, 0.717) is 18.0 Å². The maximum atomic E-state index is 12.1. The Morgan fingerprint density at radius 3 is 2.56 bits per heavy atom. The van der Waals surface area contributed by atoms with Crippen LogP contribution in [0.1, 0.15) is 32.3 Å². The number of hydrogen-bond acceptors (Lipinski definition) is 3. The molecule has 0 spiro atoms. The number of rotatable bonds is 8. The van der Waals surface area contributed by atoms with Gasteiger partial charge in [-0.15, -0.1) is 0 Å². The number of para-hydroxylation sites is 1. The molecule has 5 nitrogen and oxygen atoms in total. The van der Waals surface area contributed by atoms with Crippen LogP contribution in [-0.4, -0.2) is 19.2 Å². The minimum absolute atomic E-state index is 0.181. The van der Waals surface area contributed by atoms with E-state index in [9.17, 15) is 4.79 Å². The molecule has 0 fully saturated rings. The van der Waals surface area contributed by atoms with Crippen molar-refractivity contribution in [1.29, 1.82) is 0 Å². The Balaban J connectivity index is 2.05. The van der Waals surface area contributed by atoms with Crippen LogP contribution in [0, 0.1) is 0 Å². The number of carbonyl (C=O) groups is 1. The van der Waals surface area contributed by atoms with Crippen molar-refractivity contribution >= 4 is 11.7 Å². The Bertz CT molecular complexity index is 684. The van der Waals surface area contributed by atoms with Gasteiger partial charge < -0.3 is 20.1 Å². The molecule has 2 rings (SSSR count). The molecule has 0 aliphatic heterocycles. The number of benzene rings is 2. The molecular weight excluding hydrogens is 316 g/mol. The smallest absolute Gasteiger partial charge is 0.319 e. The van der Waals surface area contributed by atoms with E-state index in [1.165, 1.54) is 0 Å². The topological polar surface area (TPSA) is 59.6 Å². The average molecular weight is 342 g/mol. The van der Waals surface area contributed by atoms with Gasteiger partial charge in [0.05, 0.1) is 6.61 Å². The normalized spacial score (nSPS) is 10.6. The molecule has 0 radical (unpaired) electrons. The first kappa shape index (κ1) is 18.8. The number of hydrogen-bond donors (Lipinski definition) is 2. The lowest BCUT2D eigenvalue weighted by Crippen LogP contribution is -2.37. The Morgan fingerprint density at radius 2 is 1.84 bits per heavy atom. The lowest BCUT2D eigenvalue weighted by Gasteiger charge is -2.16. The molecule has 0 saturated carbocycles. The van der Waals surface area contributed by atoms with Crippen LogP contribution in [-0.2, 0) is 11.3 Å². The molecule has 25 heavy (non-hydrogen) atoms. The van der Waals surface area contributed by atoms with E-state index >= 15 is 0 Å². The molecule has 0 saturated heterocycles. The van der Waals surface area contributed by atoms with E-state index in [0.717, 1.165) is 24.2 Å². The van der Waals surface area contributed by atoms with Gasteiger partial charge in [-0.1, -0.05) is 38.1 Å². The molecule has 134 valence electrons. The molecule has 2 amide bonds. The van der Waals surface area contributed by atoms with Gasteiger partial charge in [0.25, 0.3) is 0 Å². The summed E-state index contributed by atoms with van der Waals surface area (Å²) < 4.78 is 11.2. The summed E-state index contributed by atoms with van der Waals surface area (Å²) in [5.41, 5.74) is 1.65. The van der Waals surface area contributed by atoms with Crippen molar-refractivity contribution in [2.75, 3.05) is 12.4 Å². The second kappa shape index (κ2) is 9.69. The highest BCUT2D eigenvalue weighted by Gasteiger charge is 2.09. The van der Waals surface area contributed by atoms with E-state index in [-0.39, 0.29) is 12.1 Å². The third kappa shape index (κ3) is 5.80. The van der Waals surface area contributed by atoms with Gasteiger partial charge in [0, 0.05) is 30.5 Å². The number of methoxy groups -OCH3 is 1. The number of anilines is 1. The summed E-state index contributed by atoms with van der Waals surface area (Å²) in [4.78, 5) is 12.1. The first-order valence-electron chi connectivity index (χ1n) is 8.58. The maximum absolute atomic E-state index is 12.1. The Labute approximate surface area is 149 Å². The fraction of sp³-hybridized carbons (Fsp3) is 0.350. The van der Waals surface area contributed by atoms with Crippen molar-refractivity contribution in [3.05, 3.63) is 54.1 Å². The summed E-state index contributed by atoms with van der Waals surface area (Å²) in [5.74, 6) is 1.40. The Morgan fingerprint density at radius 1 is 1.08 bits per heavy atom. The third-order valence-corrected chi connectivity index (χ3v) is 3.91. The van der Waals surface area contributed by atoms with E-state index in [1.54, 1.807) is 13.2 Å². The van der Waals surface area contributed by atoms with Gasteiger partial charge in [-0.25, -0.2) is 4.79 Å². The highest BCUT2D eigenvalue weighted by molar-refractivity contribution is 5.89. The second-order valence-electron chi connectivity index (χ2n) is 5.78. The molecule has 2 aromatic carbocycles. The van der Waals surface area contributed by atoms with Crippen LogP contribution in [0.2, 0.25) is 0 Å². The molecule has 5 heteroatoms. The lowest BCUT2D eigenvalue weighted by atomic mass is 10.2. The first-order chi connectivity index (χ1) is 12.2. The van der Waals surface area contributed by atoms with Crippen molar-refractivity contribution in [3.8, 4) is 11.5 Å². The Hall–Kier alpha value is -2.53. The summed E-state index contributed by atoms with van der Waals surface area (Å²) in [7, 11) is 1.65. The molecule has 0 aromatic heterocycles. The quantitative estimate of drug-likeness (QED) is 0.714. The number of urea groups is 1. The number of carbonyl (C=O) groups excluding carboxylic acids is 1. The molecule has 0 aliphatic carbocycles. The summed E-state index contributed by atoms with van der Waals surface area (Å²) in [6.07, 6.45) is 1.81. The molecule has 0 unspecified atom stereocenters. The standard InChI is InChI=1S/C20H26N2O3/c1-4-16(5-2)21-20(23)22-17-10-8-11-18(13-17)25-19-12-7-6-9-15(19)14-24-3/h6-13,16H,4-5,14H2,1-3H3,(H2,21,22,23). The zero-order valence-corrected chi connectivity index (χ0v) is 15.0. The lowest BCUT2D eigenvalue weighted by molar-refractivity contribution is 0.182. The van der Waals surface area contributed by atoms with E-state index in [1.807, 2.05) is 42.5 Å². The van der Waals surface area contributed by atoms with Gasteiger partial charge in [0.15, 0.2) is 0 Å². The summed E-state index contributed by atoms with van der Waals surface area (Å²) in [6.45, 7) is 4.59. The van der Waals surface area contributed by atoms with Gasteiger partial charge in [-0.2, -0.15) is 0 Å². The third-order valence-electron chi connectivity index (χ3n) is 3.91. The van der Waals surface area contributed by atoms with Crippen LogP contribution >= 0.6 is 0 Å². The fourth-order valence-corrected chi connectivity index (χ4v) is 2.49. The van der Waals surface area contributed by atoms with E-state index < -0.39 is 0 Å². The van der Waals surface area contributed by atoms with Crippen LogP contribution < -0.4 is 15.4 Å². The first-order valence-corrected chi connectivity index (χ1v) is 8.58. The van der Waals surface area contributed by atoms with Gasteiger partial charge in [0.2, 0.25) is 0 Å². The fourth-order valence-electron chi connectivity index (χ4n) is 2.49. The zero-order valence-electron chi connectivity index (χ0n) is 15.0. The molecule has 0 bridgehead atoms. The second-order valence-corrected chi connectivity index (χ2v) is 5.78. The van der Waals surface area contributed by atoms with Crippen LogP contribution in [0.25, 0.3) is 0 Å². The SMILES string of the molecule is CCC(CC)NC(=O)Nc1cccc(Oc2ccccc2COC)c1. The van der Waals surface area contributed by atoms with Gasteiger partial charge >= 0.3 is 6.03 Å². The van der Waals surface area contributed by atoms with Crippen LogP contribution in [0.5, 0.6) is 11.5 Å². The Kier molecular flexibility index (Phi) is 7.29. The van der Waals surface area contributed by atoms with Crippen molar-refractivity contribution in [1.82, 2.24) is 5.32 Å². The van der Waals surface area contributed by atoms with Crippen molar-refractivity contribution in [2.45, 2.75) is 39.3 Å². The van der Waals surface area contributed by atoms with E-state index in [2.05, 4.69) is 24.5 Å². The number of amides is 2. The van der Waals surface area contributed by atoms with Crippen molar-refractivity contribution in [3.63, 3.8) is 0 Å². The zero-order chi connectivity index (χ0) is 18.1. The van der Waals surface area contributed by atoms with E-state index in [4.69, 9.17) is 9.47 Å². The predicted octanol–water partition coefficient (Wildman–Crippen LogP) is 4.94. The molecule has 2 N–H and O–H groups in total. The summed E-state index contributed by atoms with van der Waals surface area (Å²) in [6, 6.07) is 15.0. The minimum Gasteiger partial charge on any atom is -0.457 e. The molecule has 0 aliphatic rings. The van der Waals surface area contributed by atoms with Crippen LogP contribution in [0.3, 0.4) is 0 Å². The highest BCUT2D eigenvalue weighted by Crippen LogP contribution is 2.27. The van der Waals surface area contributed by atoms with Crippen LogP contribution in [0.15, 0.2) is 48.5 Å². The predicted molar refractivity (Wildman–Crippen MR) is 100 cm³/mol. The van der Waals surface area contributed by atoms with Gasteiger partial charge in [-0.05, 0) is 31.0 Å². The van der Waals surface area contributed by atoms with Crippen LogP contribution in [0.4, 0.5) is 10.5 Å². The van der Waals surface area contributed by atoms with Crippen molar-refractivity contribution < 1.29 is 14.3 Å². The number of nitrogens with one attached hydrogen (secondary N) is 2. The molecule has 2 aromatic rings. The largest absolute Gasteiger partial charge is 0.457 e. The van der Waals surface area contributed by atoms with Gasteiger partial charge in [0.1, 0.15) is 11.5 Å². The highest BCUT2D eigenvalue weighted by atomic mass is 16.5.